The van der Waals surface area contributed by atoms with E-state index in [-0.39, 0.29) is 11.6 Å². The fraction of sp³-hybridized carbons (Fsp3) is 0.286. The fourth-order valence-electron chi connectivity index (χ4n) is 0.717. The Labute approximate surface area is 77.4 Å². The van der Waals surface area contributed by atoms with Crippen LogP contribution in [0, 0.1) is 0 Å². The van der Waals surface area contributed by atoms with E-state index in [4.69, 9.17) is 11.6 Å². The molecule has 0 atom stereocenters. The van der Waals surface area contributed by atoms with Gasteiger partial charge in [0, 0.05) is 5.88 Å². The van der Waals surface area contributed by atoms with Crippen molar-refractivity contribution in [2.24, 2.45) is 0 Å². The van der Waals surface area contributed by atoms with Gasteiger partial charge in [0.15, 0.2) is 0 Å². The number of nitrogens with zero attached hydrogens (tertiary/aromatic N) is 1. The zero-order valence-corrected chi connectivity index (χ0v) is 7.21. The highest BCUT2D eigenvalue weighted by atomic mass is 35.5. The molecule has 0 radical (unpaired) electrons. The van der Waals surface area contributed by atoms with E-state index in [0.29, 0.717) is 5.57 Å². The first-order valence-electron chi connectivity index (χ1n) is 3.32. The molecule has 0 unspecified atom stereocenters. The maximum absolute atomic E-state index is 12.0. The average Bonchev–Trinajstić information content (AvgIpc) is 2.50. The lowest BCUT2D eigenvalue weighted by atomic mass is 10.2. The standard InChI is InChI=1S/C7H6ClF3N2/c1-4(3-8)5-2-6(13-12-5)7(9,10)11/h2H,1,3H2,(H,12,13). The van der Waals surface area contributed by atoms with Crippen molar-refractivity contribution >= 4 is 17.2 Å². The third-order valence-electron chi connectivity index (χ3n) is 1.41. The Hall–Kier alpha value is -0.970. The largest absolute Gasteiger partial charge is 0.432 e. The number of hydrogen-bond donors (Lipinski definition) is 1. The van der Waals surface area contributed by atoms with Crippen molar-refractivity contribution in [1.29, 1.82) is 0 Å². The molecule has 1 rings (SSSR count). The molecule has 72 valence electrons. The molecule has 0 bridgehead atoms. The average molecular weight is 211 g/mol. The zero-order chi connectivity index (χ0) is 10.1. The van der Waals surface area contributed by atoms with Crippen LogP contribution in [0.2, 0.25) is 0 Å². The fourth-order valence-corrected chi connectivity index (χ4v) is 0.853. The summed E-state index contributed by atoms with van der Waals surface area (Å²) in [6, 6.07) is 0.880. The Morgan fingerprint density at radius 3 is 2.62 bits per heavy atom. The van der Waals surface area contributed by atoms with Gasteiger partial charge in [0.05, 0.1) is 5.69 Å². The molecule has 0 amide bonds. The molecule has 1 heterocycles. The monoisotopic (exact) mass is 210 g/mol. The van der Waals surface area contributed by atoms with E-state index < -0.39 is 11.9 Å². The lowest BCUT2D eigenvalue weighted by molar-refractivity contribution is -0.141. The van der Waals surface area contributed by atoms with Crippen molar-refractivity contribution in [2.75, 3.05) is 5.88 Å². The van der Waals surface area contributed by atoms with Gasteiger partial charge in [-0.2, -0.15) is 18.3 Å². The summed E-state index contributed by atoms with van der Waals surface area (Å²) in [5, 5.41) is 5.29. The Morgan fingerprint density at radius 2 is 2.23 bits per heavy atom. The van der Waals surface area contributed by atoms with Crippen molar-refractivity contribution < 1.29 is 13.2 Å². The van der Waals surface area contributed by atoms with Crippen molar-refractivity contribution in [3.05, 3.63) is 24.0 Å². The van der Waals surface area contributed by atoms with Gasteiger partial charge in [-0.25, -0.2) is 0 Å². The summed E-state index contributed by atoms with van der Waals surface area (Å²) >= 11 is 5.38. The summed E-state index contributed by atoms with van der Waals surface area (Å²) in [4.78, 5) is 0. The van der Waals surface area contributed by atoms with Gasteiger partial charge in [-0.3, -0.25) is 5.10 Å². The molecule has 0 aliphatic heterocycles. The maximum Gasteiger partial charge on any atom is 0.432 e. The summed E-state index contributed by atoms with van der Waals surface area (Å²) in [7, 11) is 0. The smallest absolute Gasteiger partial charge is 0.273 e. The number of halogens is 4. The van der Waals surface area contributed by atoms with Gasteiger partial charge >= 0.3 is 6.18 Å². The maximum atomic E-state index is 12.0. The zero-order valence-electron chi connectivity index (χ0n) is 6.45. The summed E-state index contributed by atoms with van der Waals surface area (Å²) in [6.07, 6.45) is -4.40. The lowest BCUT2D eigenvalue weighted by Gasteiger charge is -1.99. The molecule has 2 nitrogen and oxygen atoms in total. The minimum atomic E-state index is -4.40. The number of allylic oxidation sites excluding steroid dienone is 1. The Morgan fingerprint density at radius 1 is 1.62 bits per heavy atom. The van der Waals surface area contributed by atoms with E-state index >= 15 is 0 Å². The molecule has 1 aromatic rings. The minimum absolute atomic E-state index is 0.0577. The number of rotatable bonds is 2. The van der Waals surface area contributed by atoms with Gasteiger partial charge in [-0.1, -0.05) is 6.58 Å². The molecule has 0 spiro atoms. The van der Waals surface area contributed by atoms with Crippen molar-refractivity contribution in [3.63, 3.8) is 0 Å². The number of alkyl halides is 4. The molecule has 6 heteroatoms. The summed E-state index contributed by atoms with van der Waals surface area (Å²) in [5.41, 5.74) is -0.399. The number of hydrogen-bond acceptors (Lipinski definition) is 1. The second-order valence-corrected chi connectivity index (χ2v) is 2.67. The predicted molar refractivity (Wildman–Crippen MR) is 43.3 cm³/mol. The van der Waals surface area contributed by atoms with E-state index in [1.165, 1.54) is 0 Å². The molecule has 0 aromatic carbocycles. The molecular weight excluding hydrogens is 205 g/mol. The number of H-pyrrole nitrogens is 1. The van der Waals surface area contributed by atoms with Gasteiger partial charge < -0.3 is 0 Å². The van der Waals surface area contributed by atoms with Crippen molar-refractivity contribution in [2.45, 2.75) is 6.18 Å². The van der Waals surface area contributed by atoms with Gasteiger partial charge in [-0.15, -0.1) is 11.6 Å². The second kappa shape index (κ2) is 3.41. The molecule has 13 heavy (non-hydrogen) atoms. The van der Waals surface area contributed by atoms with Gasteiger partial charge in [0.25, 0.3) is 0 Å². The predicted octanol–water partition coefficient (Wildman–Crippen LogP) is 2.68. The number of nitrogens with one attached hydrogen (secondary N) is 1. The van der Waals surface area contributed by atoms with Crippen LogP contribution in [-0.4, -0.2) is 16.1 Å². The topological polar surface area (TPSA) is 28.7 Å². The molecule has 0 fully saturated rings. The van der Waals surface area contributed by atoms with Crippen LogP contribution in [-0.2, 0) is 6.18 Å². The van der Waals surface area contributed by atoms with E-state index in [0.717, 1.165) is 6.07 Å². The quantitative estimate of drug-likeness (QED) is 0.747. The third kappa shape index (κ3) is 2.24. The highest BCUT2D eigenvalue weighted by molar-refractivity contribution is 6.22. The first-order chi connectivity index (χ1) is 5.95. The van der Waals surface area contributed by atoms with Crippen molar-refractivity contribution in [3.8, 4) is 0 Å². The van der Waals surface area contributed by atoms with Crippen LogP contribution in [0.3, 0.4) is 0 Å². The van der Waals surface area contributed by atoms with Gasteiger partial charge in [0.2, 0.25) is 0 Å². The van der Waals surface area contributed by atoms with Crippen LogP contribution in [0.25, 0.3) is 5.57 Å². The summed E-state index contributed by atoms with van der Waals surface area (Å²) in [5.74, 6) is 0.0577. The number of aromatic amines is 1. The first-order valence-corrected chi connectivity index (χ1v) is 3.85. The van der Waals surface area contributed by atoms with E-state index in [1.54, 1.807) is 0 Å². The Kier molecular flexibility index (Phi) is 2.66. The lowest BCUT2D eigenvalue weighted by Crippen LogP contribution is -2.04. The minimum Gasteiger partial charge on any atom is -0.273 e. The molecule has 1 N–H and O–H groups in total. The normalized spacial score (nSPS) is 11.7. The third-order valence-corrected chi connectivity index (χ3v) is 1.73. The SMILES string of the molecule is C=C(CCl)c1cc(C(F)(F)F)[nH]n1. The van der Waals surface area contributed by atoms with Crippen LogP contribution in [0.5, 0.6) is 0 Å². The number of aromatic nitrogens is 2. The van der Waals surface area contributed by atoms with E-state index in [1.807, 2.05) is 5.10 Å². The Bertz CT molecular complexity index is 316. The van der Waals surface area contributed by atoms with E-state index in [9.17, 15) is 13.2 Å². The van der Waals surface area contributed by atoms with Crippen molar-refractivity contribution in [1.82, 2.24) is 10.2 Å². The molecule has 0 aliphatic rings. The molecule has 0 saturated heterocycles. The summed E-state index contributed by atoms with van der Waals surface area (Å²) in [6.45, 7) is 3.46. The molecule has 0 saturated carbocycles. The van der Waals surface area contributed by atoms with Gasteiger partial charge in [0.1, 0.15) is 5.69 Å². The molecule has 1 aromatic heterocycles. The van der Waals surface area contributed by atoms with Crippen LogP contribution in [0.15, 0.2) is 12.6 Å². The highest BCUT2D eigenvalue weighted by Gasteiger charge is 2.33. The Balaban J connectivity index is 2.93. The van der Waals surface area contributed by atoms with Gasteiger partial charge in [-0.05, 0) is 11.6 Å². The molecular formula is C7H6ClF3N2. The van der Waals surface area contributed by atoms with Crippen LogP contribution < -0.4 is 0 Å². The second-order valence-electron chi connectivity index (χ2n) is 2.40. The van der Waals surface area contributed by atoms with Crippen LogP contribution >= 0.6 is 11.6 Å². The summed E-state index contributed by atoms with van der Waals surface area (Å²) < 4.78 is 36.1. The first kappa shape index (κ1) is 10.1. The molecule has 0 aliphatic carbocycles. The van der Waals surface area contributed by atoms with Crippen LogP contribution in [0.1, 0.15) is 11.4 Å². The van der Waals surface area contributed by atoms with Crippen LogP contribution in [0.4, 0.5) is 13.2 Å². The van der Waals surface area contributed by atoms with E-state index in [2.05, 4.69) is 11.7 Å². The highest BCUT2D eigenvalue weighted by Crippen LogP contribution is 2.28.